The molecule has 1 unspecified atom stereocenters. The molecule has 4 heterocycles. The van der Waals surface area contributed by atoms with Crippen molar-refractivity contribution in [1.82, 2.24) is 29.1 Å². The van der Waals surface area contributed by atoms with Crippen LogP contribution in [0.1, 0.15) is 68.4 Å². The molecule has 230 valence electrons. The fourth-order valence-corrected chi connectivity index (χ4v) is 7.50. The highest BCUT2D eigenvalue weighted by atomic mass is 35.5. The summed E-state index contributed by atoms with van der Waals surface area (Å²) in [6.07, 6.45) is 4.01. The summed E-state index contributed by atoms with van der Waals surface area (Å²) in [6.45, 7) is 0.763. The number of benzene rings is 1. The zero-order chi connectivity index (χ0) is 30.9. The second kappa shape index (κ2) is 12.9. The zero-order valence-corrected chi connectivity index (χ0v) is 25.6. The Morgan fingerprint density at radius 3 is 2.72 bits per heavy atom. The van der Waals surface area contributed by atoms with Crippen LogP contribution in [0.15, 0.2) is 52.7 Å². The second-order valence-electron chi connectivity index (χ2n) is 10.3. The first-order valence-corrected chi connectivity index (χ1v) is 16.3. The summed E-state index contributed by atoms with van der Waals surface area (Å²) in [6, 6.07) is 3.12. The molecule has 16 heteroatoms. The maximum atomic E-state index is 14.0. The third kappa shape index (κ3) is 7.01. The van der Waals surface area contributed by atoms with Crippen LogP contribution in [0.5, 0.6) is 0 Å². The lowest BCUT2D eigenvalue weighted by Crippen LogP contribution is -2.47. The van der Waals surface area contributed by atoms with Crippen LogP contribution in [0.2, 0.25) is 5.02 Å². The molecular weight excluding hydrogens is 627 g/mol. The van der Waals surface area contributed by atoms with Gasteiger partial charge >= 0.3 is 6.55 Å². The monoisotopic (exact) mass is 655 g/mol. The average Bonchev–Trinajstić information content (AvgIpc) is 3.68. The minimum absolute atomic E-state index is 0.0384. The lowest BCUT2D eigenvalue weighted by Gasteiger charge is -2.32. The predicted octanol–water partition coefficient (Wildman–Crippen LogP) is 5.09. The van der Waals surface area contributed by atoms with E-state index in [0.717, 1.165) is 12.3 Å². The molecule has 2 N–H and O–H groups in total. The molecule has 5 rings (SSSR count). The van der Waals surface area contributed by atoms with Crippen LogP contribution in [0.25, 0.3) is 5.57 Å². The lowest BCUT2D eigenvalue weighted by atomic mass is 9.92. The molecule has 1 saturated heterocycles. The number of hydrogen-bond acceptors (Lipinski definition) is 8. The highest BCUT2D eigenvalue weighted by molar-refractivity contribution is 7.87. The topological polar surface area (TPSA) is 122 Å². The number of aromatic nitrogens is 3. The Morgan fingerprint density at radius 2 is 2.07 bits per heavy atom. The fourth-order valence-electron chi connectivity index (χ4n) is 5.32. The molecule has 0 bridgehead atoms. The van der Waals surface area contributed by atoms with Gasteiger partial charge in [-0.2, -0.15) is 31.7 Å². The van der Waals surface area contributed by atoms with E-state index in [1.807, 2.05) is 6.92 Å². The normalized spacial score (nSPS) is 19.6. The molecule has 1 fully saturated rings. The number of carbonyl (C=O) groups is 1. The first-order valence-electron chi connectivity index (χ1n) is 13.5. The average molecular weight is 656 g/mol. The number of Topliss-reactive ketones (excluding diaryl/α,β-unsaturated/α-hetero) is 1. The second-order valence-corrected chi connectivity index (χ2v) is 13.1. The van der Waals surface area contributed by atoms with Gasteiger partial charge in [-0.3, -0.25) is 9.79 Å². The summed E-state index contributed by atoms with van der Waals surface area (Å²) in [5, 5.41) is 6.48. The maximum Gasteiger partial charge on any atom is 0.333 e. The van der Waals surface area contributed by atoms with Gasteiger partial charge in [0.2, 0.25) is 0 Å². The molecule has 10 nitrogen and oxygen atoms in total. The van der Waals surface area contributed by atoms with Crippen molar-refractivity contribution in [2.75, 3.05) is 6.54 Å². The lowest BCUT2D eigenvalue weighted by molar-refractivity contribution is -0.119. The molecule has 1 aromatic carbocycles. The Kier molecular flexibility index (Phi) is 9.37. The Labute approximate surface area is 255 Å². The quantitative estimate of drug-likeness (QED) is 0.281. The van der Waals surface area contributed by atoms with Crippen molar-refractivity contribution in [3.8, 4) is 0 Å². The Bertz CT molecular complexity index is 1660. The number of fused-ring (bicyclic) bond motifs is 1. The molecule has 0 saturated carbocycles. The fraction of sp³-hybridized carbons (Fsp3) is 0.407. The van der Waals surface area contributed by atoms with Crippen LogP contribution in [-0.2, 0) is 15.0 Å². The number of amidine groups is 1. The van der Waals surface area contributed by atoms with E-state index in [2.05, 4.69) is 19.5 Å². The summed E-state index contributed by atoms with van der Waals surface area (Å²) in [5.74, 6) is -0.163. The first-order chi connectivity index (χ1) is 20.5. The molecule has 2 aliphatic heterocycles. The van der Waals surface area contributed by atoms with E-state index < -0.39 is 40.7 Å². The summed E-state index contributed by atoms with van der Waals surface area (Å²) in [4.78, 5) is 23.2. The van der Waals surface area contributed by atoms with E-state index in [4.69, 9.17) is 16.6 Å². The molecular formula is C27H29ClF3N7O3S2. The van der Waals surface area contributed by atoms with Gasteiger partial charge in [0.25, 0.3) is 10.2 Å². The van der Waals surface area contributed by atoms with Crippen LogP contribution in [0.3, 0.4) is 0 Å². The van der Waals surface area contributed by atoms with Crippen LogP contribution < -0.4 is 9.44 Å². The minimum atomic E-state index is -4.04. The van der Waals surface area contributed by atoms with Gasteiger partial charge in [-0.15, -0.1) is 11.3 Å². The van der Waals surface area contributed by atoms with Crippen molar-refractivity contribution < 1.29 is 26.4 Å². The number of hydrogen-bond donors (Lipinski definition) is 2. The smallest absolute Gasteiger partial charge is 0.326 e. The number of carbonyl (C=O) groups excluding carboxylic acids is 1. The standard InChI is InChI=1S/C27H29ClF3N7O3S2/c1-3-4-18(39)11-15(2)35-43(40,41)36-17-13-22-23(21-7-9-38(34-21)27(30)31)24(19-6-5-16(29)12-20(19)28)33-25(37(22)14-17)26-32-8-10-42-26/h5-10,12,15,17,24,27,35-36H,3-4,11,13-14H2,1-2H3/t15?,17-,24-/m0/s1. The largest absolute Gasteiger partial charge is 0.333 e. The predicted molar refractivity (Wildman–Crippen MR) is 157 cm³/mol. The van der Waals surface area contributed by atoms with E-state index in [0.29, 0.717) is 45.2 Å². The van der Waals surface area contributed by atoms with Gasteiger partial charge in [-0.25, -0.2) is 14.1 Å². The summed E-state index contributed by atoms with van der Waals surface area (Å²) in [7, 11) is -4.04. The minimum Gasteiger partial charge on any atom is -0.326 e. The van der Waals surface area contributed by atoms with Crippen molar-refractivity contribution in [2.24, 2.45) is 4.99 Å². The summed E-state index contributed by atoms with van der Waals surface area (Å²) < 4.78 is 72.9. The number of nitrogens with zero attached hydrogens (tertiary/aromatic N) is 5. The van der Waals surface area contributed by atoms with Gasteiger partial charge in [0.1, 0.15) is 17.6 Å². The van der Waals surface area contributed by atoms with E-state index in [9.17, 15) is 26.4 Å². The molecule has 2 aromatic heterocycles. The highest BCUT2D eigenvalue weighted by Crippen LogP contribution is 2.46. The SMILES string of the molecule is CCCC(=O)CC(C)NS(=O)(=O)N[C@H]1CC2=C(c3ccn(C(F)F)n3)[C@H](c3ccc(F)cc3Cl)N=C(c3nccs3)N2C1. The van der Waals surface area contributed by atoms with Crippen molar-refractivity contribution in [2.45, 2.75) is 64.2 Å². The summed E-state index contributed by atoms with van der Waals surface area (Å²) in [5.41, 5.74) is 1.63. The van der Waals surface area contributed by atoms with Crippen molar-refractivity contribution in [3.05, 3.63) is 74.8 Å². The molecule has 43 heavy (non-hydrogen) atoms. The van der Waals surface area contributed by atoms with Crippen molar-refractivity contribution in [1.29, 1.82) is 0 Å². The number of thiazole rings is 1. The maximum absolute atomic E-state index is 14.0. The number of halogens is 4. The van der Waals surface area contributed by atoms with E-state index in [-0.39, 0.29) is 35.9 Å². The van der Waals surface area contributed by atoms with Gasteiger partial charge < -0.3 is 4.90 Å². The van der Waals surface area contributed by atoms with Crippen LogP contribution >= 0.6 is 22.9 Å². The Balaban J connectivity index is 1.54. The van der Waals surface area contributed by atoms with Crippen LogP contribution in [-0.4, -0.2) is 58.3 Å². The molecule has 0 radical (unpaired) electrons. The van der Waals surface area contributed by atoms with Gasteiger partial charge in [0, 0.05) is 77.5 Å². The Morgan fingerprint density at radius 1 is 1.28 bits per heavy atom. The van der Waals surface area contributed by atoms with Crippen LogP contribution in [0, 0.1) is 5.82 Å². The molecule has 3 atom stereocenters. The van der Waals surface area contributed by atoms with Gasteiger partial charge in [-0.05, 0) is 31.5 Å². The van der Waals surface area contributed by atoms with Gasteiger partial charge in [0.05, 0.1) is 5.69 Å². The first kappa shape index (κ1) is 31.3. The van der Waals surface area contributed by atoms with E-state index in [1.54, 1.807) is 23.4 Å². The van der Waals surface area contributed by atoms with Gasteiger partial charge in [0.15, 0.2) is 10.8 Å². The molecule has 0 amide bonds. The third-order valence-corrected chi connectivity index (χ3v) is 9.42. The molecule has 0 spiro atoms. The number of alkyl halides is 2. The number of ketones is 1. The molecule has 3 aromatic rings. The number of rotatable bonds is 12. The van der Waals surface area contributed by atoms with Crippen LogP contribution in [0.4, 0.5) is 13.2 Å². The van der Waals surface area contributed by atoms with Gasteiger partial charge in [-0.1, -0.05) is 24.6 Å². The number of aliphatic imine (C=N–C) groups is 1. The van der Waals surface area contributed by atoms with Crippen molar-refractivity contribution >= 4 is 50.3 Å². The summed E-state index contributed by atoms with van der Waals surface area (Å²) >= 11 is 7.80. The number of nitrogens with one attached hydrogen (secondary N) is 2. The Hall–Kier alpha value is -3.11. The molecule has 2 aliphatic rings. The zero-order valence-electron chi connectivity index (χ0n) is 23.2. The third-order valence-electron chi connectivity index (χ3n) is 6.97. The highest BCUT2D eigenvalue weighted by Gasteiger charge is 2.42. The van der Waals surface area contributed by atoms with Crippen molar-refractivity contribution in [3.63, 3.8) is 0 Å². The van der Waals surface area contributed by atoms with E-state index in [1.165, 1.54) is 29.5 Å². The van der Waals surface area contributed by atoms with E-state index >= 15 is 0 Å². The molecule has 0 aliphatic carbocycles.